The molecule has 3 N–H and O–H groups in total. The molecular weight excluding hydrogens is 424 g/mol. The van der Waals surface area contributed by atoms with E-state index in [4.69, 9.17) is 20.1 Å². The molecule has 0 saturated heterocycles. The monoisotopic (exact) mass is 488 g/mol. The molecule has 4 nitrogen and oxygen atoms in total. The van der Waals surface area contributed by atoms with Gasteiger partial charge in [0.05, 0.1) is 19.8 Å². The lowest BCUT2D eigenvalue weighted by Gasteiger charge is -2.24. The minimum absolute atomic E-state index is 0.156. The van der Waals surface area contributed by atoms with Crippen molar-refractivity contribution in [1.29, 1.82) is 0 Å². The molecular formula is C30H64O4. The van der Waals surface area contributed by atoms with Gasteiger partial charge in [0, 0.05) is 18.6 Å². The lowest BCUT2D eigenvalue weighted by Crippen LogP contribution is -2.32. The molecule has 0 aromatic rings. The van der Waals surface area contributed by atoms with Crippen LogP contribution < -0.4 is 0 Å². The van der Waals surface area contributed by atoms with Gasteiger partial charge in [-0.05, 0) is 19.3 Å². The van der Waals surface area contributed by atoms with Gasteiger partial charge in [0.1, 0.15) is 0 Å². The number of ether oxygens (including phenoxy) is 1. The summed E-state index contributed by atoms with van der Waals surface area (Å²) in [7, 11) is 0. The second kappa shape index (κ2) is 30.9. The third kappa shape index (κ3) is 26.4. The average molecular weight is 489 g/mol. The Morgan fingerprint density at radius 1 is 0.412 bits per heavy atom. The Labute approximate surface area is 214 Å². The molecule has 0 aliphatic carbocycles. The normalized spacial score (nSPS) is 11.5. The first-order valence-corrected chi connectivity index (χ1v) is 15.1. The predicted molar refractivity (Wildman–Crippen MR) is 148 cm³/mol. The van der Waals surface area contributed by atoms with Crippen LogP contribution in [-0.2, 0) is 4.74 Å². The Morgan fingerprint density at radius 3 is 0.882 bits per heavy atom. The van der Waals surface area contributed by atoms with E-state index in [0.717, 1.165) is 13.2 Å². The summed E-state index contributed by atoms with van der Waals surface area (Å²) < 4.78 is 5.78. The van der Waals surface area contributed by atoms with Crippen LogP contribution in [0.2, 0.25) is 0 Å². The van der Waals surface area contributed by atoms with Crippen molar-refractivity contribution in [1.82, 2.24) is 0 Å². The minimum Gasteiger partial charge on any atom is -0.396 e. The summed E-state index contributed by atoms with van der Waals surface area (Å²) in [4.78, 5) is 0. The van der Waals surface area contributed by atoms with E-state index in [-0.39, 0.29) is 19.8 Å². The van der Waals surface area contributed by atoms with Gasteiger partial charge in [-0.25, -0.2) is 0 Å². The van der Waals surface area contributed by atoms with E-state index >= 15 is 0 Å². The van der Waals surface area contributed by atoms with Gasteiger partial charge in [-0.2, -0.15) is 0 Å². The van der Waals surface area contributed by atoms with Crippen LogP contribution in [0.3, 0.4) is 0 Å². The Kier molecular flexibility index (Phi) is 32.7. The van der Waals surface area contributed by atoms with Gasteiger partial charge in [0.2, 0.25) is 0 Å². The SMILES string of the molecule is CCC(CO)(CO)CO.CCCCCCCCCCCCOCCCCCCCCCCCC. The molecule has 0 atom stereocenters. The van der Waals surface area contributed by atoms with E-state index in [0.29, 0.717) is 6.42 Å². The summed E-state index contributed by atoms with van der Waals surface area (Å²) in [6.07, 6.45) is 28.7. The fourth-order valence-electron chi connectivity index (χ4n) is 3.97. The summed E-state index contributed by atoms with van der Waals surface area (Å²) in [5.74, 6) is 0. The highest BCUT2D eigenvalue weighted by Gasteiger charge is 2.24. The minimum atomic E-state index is -0.667. The molecule has 0 spiro atoms. The Balaban J connectivity index is 0. The molecule has 0 fully saturated rings. The van der Waals surface area contributed by atoms with E-state index in [1.54, 1.807) is 0 Å². The number of hydrogen-bond acceptors (Lipinski definition) is 4. The molecule has 0 saturated carbocycles. The summed E-state index contributed by atoms with van der Waals surface area (Å²) in [6.45, 7) is 7.92. The first-order chi connectivity index (χ1) is 16.7. The van der Waals surface area contributed by atoms with Crippen molar-refractivity contribution in [2.24, 2.45) is 5.41 Å². The zero-order valence-corrected chi connectivity index (χ0v) is 23.6. The maximum atomic E-state index is 8.66. The van der Waals surface area contributed by atoms with Gasteiger partial charge in [0.15, 0.2) is 0 Å². The number of hydrogen-bond donors (Lipinski definition) is 3. The average Bonchev–Trinajstić information content (AvgIpc) is 2.87. The second-order valence-corrected chi connectivity index (χ2v) is 10.3. The molecule has 0 heterocycles. The molecule has 0 radical (unpaired) electrons. The largest absolute Gasteiger partial charge is 0.396 e. The van der Waals surface area contributed by atoms with Crippen LogP contribution >= 0.6 is 0 Å². The Morgan fingerprint density at radius 2 is 0.676 bits per heavy atom. The van der Waals surface area contributed by atoms with Crippen LogP contribution in [0.1, 0.15) is 156 Å². The van der Waals surface area contributed by atoms with Crippen LogP contribution in [0.5, 0.6) is 0 Å². The quantitative estimate of drug-likeness (QED) is 0.107. The Bertz CT molecular complexity index is 305. The zero-order valence-electron chi connectivity index (χ0n) is 23.6. The zero-order chi connectivity index (χ0) is 25.6. The molecule has 0 unspecified atom stereocenters. The highest BCUT2D eigenvalue weighted by Crippen LogP contribution is 2.18. The van der Waals surface area contributed by atoms with E-state index in [9.17, 15) is 0 Å². The van der Waals surface area contributed by atoms with Crippen molar-refractivity contribution >= 4 is 0 Å². The third-order valence-corrected chi connectivity index (χ3v) is 7.04. The molecule has 0 aliphatic rings. The van der Waals surface area contributed by atoms with Gasteiger partial charge >= 0.3 is 0 Å². The molecule has 4 heteroatoms. The van der Waals surface area contributed by atoms with Crippen molar-refractivity contribution in [3.63, 3.8) is 0 Å². The summed E-state index contributed by atoms with van der Waals surface area (Å²) >= 11 is 0. The van der Waals surface area contributed by atoms with Crippen molar-refractivity contribution in [3.8, 4) is 0 Å². The molecule has 208 valence electrons. The number of rotatable bonds is 26. The Hall–Kier alpha value is -0.160. The van der Waals surface area contributed by atoms with E-state index < -0.39 is 5.41 Å². The first-order valence-electron chi connectivity index (χ1n) is 15.1. The van der Waals surface area contributed by atoms with Crippen LogP contribution in [0, 0.1) is 5.41 Å². The number of aliphatic hydroxyl groups is 3. The molecule has 0 amide bonds. The van der Waals surface area contributed by atoms with Crippen molar-refractivity contribution in [3.05, 3.63) is 0 Å². The second-order valence-electron chi connectivity index (χ2n) is 10.3. The molecule has 0 bridgehead atoms. The lowest BCUT2D eigenvalue weighted by molar-refractivity contribution is 0.00304. The van der Waals surface area contributed by atoms with Crippen LogP contribution in [-0.4, -0.2) is 48.4 Å². The maximum Gasteiger partial charge on any atom is 0.0531 e. The van der Waals surface area contributed by atoms with Crippen LogP contribution in [0.15, 0.2) is 0 Å². The van der Waals surface area contributed by atoms with Gasteiger partial charge in [0.25, 0.3) is 0 Å². The fourth-order valence-corrected chi connectivity index (χ4v) is 3.97. The molecule has 0 aromatic carbocycles. The van der Waals surface area contributed by atoms with E-state index in [1.807, 2.05) is 6.92 Å². The van der Waals surface area contributed by atoms with E-state index in [1.165, 1.54) is 128 Å². The first kappa shape index (κ1) is 36.0. The highest BCUT2D eigenvalue weighted by atomic mass is 16.5. The summed E-state index contributed by atoms with van der Waals surface area (Å²) in [6, 6.07) is 0. The maximum absolute atomic E-state index is 8.66. The van der Waals surface area contributed by atoms with Gasteiger partial charge in [-0.3, -0.25) is 0 Å². The molecule has 0 rings (SSSR count). The summed E-state index contributed by atoms with van der Waals surface area (Å²) in [5, 5.41) is 26.0. The number of aliphatic hydroxyl groups excluding tert-OH is 3. The van der Waals surface area contributed by atoms with Crippen LogP contribution in [0.4, 0.5) is 0 Å². The van der Waals surface area contributed by atoms with Crippen molar-refractivity contribution < 1.29 is 20.1 Å². The fraction of sp³-hybridized carbons (Fsp3) is 1.00. The molecule has 34 heavy (non-hydrogen) atoms. The van der Waals surface area contributed by atoms with Gasteiger partial charge in [-0.15, -0.1) is 0 Å². The lowest BCUT2D eigenvalue weighted by atomic mass is 9.88. The van der Waals surface area contributed by atoms with Crippen LogP contribution in [0.25, 0.3) is 0 Å². The number of unbranched alkanes of at least 4 members (excludes halogenated alkanes) is 18. The smallest absolute Gasteiger partial charge is 0.0531 e. The molecule has 0 aromatic heterocycles. The van der Waals surface area contributed by atoms with Crippen molar-refractivity contribution in [2.75, 3.05) is 33.0 Å². The van der Waals surface area contributed by atoms with Gasteiger partial charge < -0.3 is 20.1 Å². The summed E-state index contributed by atoms with van der Waals surface area (Å²) in [5.41, 5.74) is -0.667. The highest BCUT2D eigenvalue weighted by molar-refractivity contribution is 4.74. The topological polar surface area (TPSA) is 69.9 Å². The van der Waals surface area contributed by atoms with E-state index in [2.05, 4.69) is 13.8 Å². The predicted octanol–water partition coefficient (Wildman–Crippen LogP) is 8.20. The molecule has 0 aliphatic heterocycles. The van der Waals surface area contributed by atoms with Gasteiger partial charge in [-0.1, -0.05) is 136 Å². The standard InChI is InChI=1S/C24H50O.C6H14O3/c1-3-5-7-9-11-13-15-17-19-21-23-25-24-22-20-18-16-14-12-10-8-6-4-2;1-2-6(3-7,4-8)5-9/h3-24H2,1-2H3;7-9H,2-5H2,1H3. The third-order valence-electron chi connectivity index (χ3n) is 7.04. The van der Waals surface area contributed by atoms with Crippen molar-refractivity contribution in [2.45, 2.75) is 156 Å².